The third kappa shape index (κ3) is 4.42. The second-order valence-corrected chi connectivity index (χ2v) is 5.90. The molecule has 1 aromatic heterocycles. The Labute approximate surface area is 110 Å². The lowest BCUT2D eigenvalue weighted by Crippen LogP contribution is -2.10. The van der Waals surface area contributed by atoms with Crippen molar-refractivity contribution in [3.05, 3.63) is 33.6 Å². The molecule has 0 saturated carbocycles. The largest absolute Gasteiger partial charge is 0.290 e. The average molecular weight is 301 g/mol. The smallest absolute Gasteiger partial charge is 0.258 e. The van der Waals surface area contributed by atoms with Gasteiger partial charge < -0.3 is 0 Å². The normalized spacial score (nSPS) is 12.8. The Morgan fingerprint density at radius 3 is 2.65 bits per heavy atom. The van der Waals surface area contributed by atoms with Gasteiger partial charge in [0.1, 0.15) is 5.69 Å². The molecule has 4 nitrogen and oxygen atoms in total. The minimum atomic E-state index is -0.364. The molecule has 5 heteroatoms. The molecule has 0 fully saturated rings. The molecule has 0 spiro atoms. The number of halogens is 1. The average Bonchev–Trinajstić information content (AvgIpc) is 2.15. The number of nitrogens with zero attached hydrogens (tertiary/aromatic N) is 2. The van der Waals surface area contributed by atoms with Crippen molar-refractivity contribution in [1.29, 1.82) is 0 Å². The molecule has 1 aromatic rings. The Balaban J connectivity index is 2.88. The van der Waals surface area contributed by atoms with Gasteiger partial charge in [0.05, 0.1) is 4.92 Å². The third-order valence-corrected chi connectivity index (χ3v) is 3.13. The molecule has 94 valence electrons. The maximum atomic E-state index is 10.9. The predicted molar refractivity (Wildman–Crippen MR) is 71.5 cm³/mol. The molecule has 0 aliphatic carbocycles. The number of rotatable bonds is 5. The van der Waals surface area contributed by atoms with Crippen LogP contribution >= 0.6 is 15.9 Å². The van der Waals surface area contributed by atoms with Crippen molar-refractivity contribution in [3.8, 4) is 0 Å². The Kier molecular flexibility index (Phi) is 5.05. The number of hydrogen-bond donors (Lipinski definition) is 0. The summed E-state index contributed by atoms with van der Waals surface area (Å²) in [6, 6.07) is 3.21. The van der Waals surface area contributed by atoms with E-state index in [-0.39, 0.29) is 15.4 Å². The molecule has 0 aromatic carbocycles. The first-order valence-corrected chi connectivity index (χ1v) is 6.56. The van der Waals surface area contributed by atoms with Crippen molar-refractivity contribution in [2.45, 2.75) is 38.4 Å². The molecular weight excluding hydrogens is 284 g/mol. The molecule has 17 heavy (non-hydrogen) atoms. The van der Waals surface area contributed by atoms with Crippen molar-refractivity contribution in [2.24, 2.45) is 5.92 Å². The number of nitro groups is 1. The SMILES string of the molecule is Cc1ccc([N+](=O)[O-])c(CC(Br)CC(C)C)n1. The standard InChI is InChI=1S/C12H17BrN2O2/c1-8(2)6-10(13)7-11-12(15(16)17)5-4-9(3)14-11/h4-5,8,10H,6-7H2,1-3H3. The van der Waals surface area contributed by atoms with Crippen LogP contribution in [0, 0.1) is 23.0 Å². The van der Waals surface area contributed by atoms with Crippen molar-refractivity contribution >= 4 is 21.6 Å². The zero-order valence-corrected chi connectivity index (χ0v) is 11.9. The molecule has 0 saturated heterocycles. The zero-order valence-electron chi connectivity index (χ0n) is 10.3. The maximum absolute atomic E-state index is 10.9. The van der Waals surface area contributed by atoms with Crippen molar-refractivity contribution in [3.63, 3.8) is 0 Å². The Morgan fingerprint density at radius 1 is 1.47 bits per heavy atom. The zero-order chi connectivity index (χ0) is 13.0. The third-order valence-electron chi connectivity index (χ3n) is 2.43. The van der Waals surface area contributed by atoms with E-state index in [1.165, 1.54) is 6.07 Å². The second kappa shape index (κ2) is 6.10. The van der Waals surface area contributed by atoms with E-state index in [2.05, 4.69) is 34.8 Å². The van der Waals surface area contributed by atoms with Crippen LogP contribution in [0.15, 0.2) is 12.1 Å². The van der Waals surface area contributed by atoms with E-state index in [0.29, 0.717) is 18.0 Å². The highest BCUT2D eigenvalue weighted by Crippen LogP contribution is 2.23. The summed E-state index contributed by atoms with van der Waals surface area (Å²) in [7, 11) is 0. The van der Waals surface area contributed by atoms with Crippen LogP contribution in [0.3, 0.4) is 0 Å². The molecule has 0 aliphatic rings. The second-order valence-electron chi connectivity index (χ2n) is 4.61. The van der Waals surface area contributed by atoms with Crippen LogP contribution in [0.5, 0.6) is 0 Å². The van der Waals surface area contributed by atoms with Gasteiger partial charge >= 0.3 is 0 Å². The number of pyridine rings is 1. The Bertz CT molecular complexity index is 407. The summed E-state index contributed by atoms with van der Waals surface area (Å²) in [5, 5.41) is 10.9. The van der Waals surface area contributed by atoms with Gasteiger partial charge in [-0.2, -0.15) is 0 Å². The molecular formula is C12H17BrN2O2. The van der Waals surface area contributed by atoms with Crippen LogP contribution in [-0.4, -0.2) is 14.7 Å². The van der Waals surface area contributed by atoms with Crippen LogP contribution < -0.4 is 0 Å². The van der Waals surface area contributed by atoms with E-state index < -0.39 is 0 Å². The Morgan fingerprint density at radius 2 is 2.12 bits per heavy atom. The lowest BCUT2D eigenvalue weighted by atomic mass is 10.0. The fourth-order valence-electron chi connectivity index (χ4n) is 1.72. The molecule has 1 rings (SSSR count). The molecule has 1 unspecified atom stereocenters. The summed E-state index contributed by atoms with van der Waals surface area (Å²) in [5.41, 5.74) is 1.50. The summed E-state index contributed by atoms with van der Waals surface area (Å²) in [4.78, 5) is 15.0. The van der Waals surface area contributed by atoms with Gasteiger partial charge in [0.25, 0.3) is 5.69 Å². The van der Waals surface area contributed by atoms with E-state index in [0.717, 1.165) is 12.1 Å². The van der Waals surface area contributed by atoms with Crippen LogP contribution in [0.1, 0.15) is 31.7 Å². The van der Waals surface area contributed by atoms with Gasteiger partial charge in [-0.15, -0.1) is 0 Å². The van der Waals surface area contributed by atoms with Gasteiger partial charge in [0.15, 0.2) is 0 Å². The first-order chi connectivity index (χ1) is 7.90. The summed E-state index contributed by atoms with van der Waals surface area (Å²) in [5.74, 6) is 0.559. The van der Waals surface area contributed by atoms with Crippen molar-refractivity contribution < 1.29 is 4.92 Å². The molecule has 0 aliphatic heterocycles. The summed E-state index contributed by atoms with van der Waals surface area (Å²) in [6.45, 7) is 6.11. The quantitative estimate of drug-likeness (QED) is 0.474. The minimum Gasteiger partial charge on any atom is -0.258 e. The molecule has 1 heterocycles. The fourth-order valence-corrected chi connectivity index (χ4v) is 2.78. The van der Waals surface area contributed by atoms with Crippen LogP contribution in [-0.2, 0) is 6.42 Å². The molecule has 0 bridgehead atoms. The van der Waals surface area contributed by atoms with Crippen LogP contribution in [0.4, 0.5) is 5.69 Å². The lowest BCUT2D eigenvalue weighted by molar-refractivity contribution is -0.385. The van der Waals surface area contributed by atoms with Gasteiger partial charge in [-0.1, -0.05) is 29.8 Å². The summed E-state index contributed by atoms with van der Waals surface area (Å²) >= 11 is 3.56. The molecule has 0 amide bonds. The van der Waals surface area contributed by atoms with Gasteiger partial charge in [-0.25, -0.2) is 0 Å². The molecule has 0 radical (unpaired) electrons. The highest BCUT2D eigenvalue weighted by atomic mass is 79.9. The van der Waals surface area contributed by atoms with Gasteiger partial charge in [0, 0.05) is 23.0 Å². The van der Waals surface area contributed by atoms with E-state index in [1.807, 2.05) is 6.92 Å². The van der Waals surface area contributed by atoms with E-state index in [9.17, 15) is 10.1 Å². The topological polar surface area (TPSA) is 56.0 Å². The predicted octanol–water partition coefficient (Wildman–Crippen LogP) is 3.65. The highest BCUT2D eigenvalue weighted by Gasteiger charge is 2.18. The highest BCUT2D eigenvalue weighted by molar-refractivity contribution is 9.09. The maximum Gasteiger partial charge on any atom is 0.290 e. The van der Waals surface area contributed by atoms with Gasteiger partial charge in [0.2, 0.25) is 0 Å². The monoisotopic (exact) mass is 300 g/mol. The first kappa shape index (κ1) is 14.1. The first-order valence-electron chi connectivity index (χ1n) is 5.65. The summed E-state index contributed by atoms with van der Waals surface area (Å²) < 4.78 is 0. The van der Waals surface area contributed by atoms with E-state index in [1.54, 1.807) is 6.07 Å². The van der Waals surface area contributed by atoms with Crippen LogP contribution in [0.25, 0.3) is 0 Å². The van der Waals surface area contributed by atoms with Crippen LogP contribution in [0.2, 0.25) is 0 Å². The van der Waals surface area contributed by atoms with Gasteiger partial charge in [-0.05, 0) is 25.3 Å². The van der Waals surface area contributed by atoms with Crippen molar-refractivity contribution in [2.75, 3.05) is 0 Å². The van der Waals surface area contributed by atoms with E-state index in [4.69, 9.17) is 0 Å². The minimum absolute atomic E-state index is 0.115. The van der Waals surface area contributed by atoms with Gasteiger partial charge in [-0.3, -0.25) is 15.1 Å². The number of aromatic nitrogens is 1. The van der Waals surface area contributed by atoms with Crippen molar-refractivity contribution in [1.82, 2.24) is 4.98 Å². The number of alkyl halides is 1. The number of aryl methyl sites for hydroxylation is 1. The molecule has 1 atom stereocenters. The Hall–Kier alpha value is -0.970. The number of hydrogen-bond acceptors (Lipinski definition) is 3. The van der Waals surface area contributed by atoms with E-state index >= 15 is 0 Å². The molecule has 0 N–H and O–H groups in total. The summed E-state index contributed by atoms with van der Waals surface area (Å²) in [6.07, 6.45) is 1.57. The lowest BCUT2D eigenvalue weighted by Gasteiger charge is -2.12. The fraction of sp³-hybridized carbons (Fsp3) is 0.583.